The van der Waals surface area contributed by atoms with Crippen LogP contribution in [0.2, 0.25) is 0 Å². The van der Waals surface area contributed by atoms with Gasteiger partial charge < -0.3 is 0 Å². The first kappa shape index (κ1) is 17.0. The van der Waals surface area contributed by atoms with Crippen LogP contribution in [-0.2, 0) is 6.42 Å². The van der Waals surface area contributed by atoms with E-state index in [-0.39, 0.29) is 5.82 Å². The maximum absolute atomic E-state index is 14.3. The number of fused-ring (bicyclic) bond motifs is 1. The van der Waals surface area contributed by atoms with E-state index in [2.05, 4.69) is 56.3 Å². The number of hydrogen-bond acceptors (Lipinski definition) is 0. The third kappa shape index (κ3) is 3.19. The lowest BCUT2D eigenvalue weighted by Gasteiger charge is -2.34. The van der Waals surface area contributed by atoms with Gasteiger partial charge in [0.2, 0.25) is 0 Å². The molecule has 0 aromatic heterocycles. The van der Waals surface area contributed by atoms with Gasteiger partial charge in [-0.15, -0.1) is 0 Å². The molecule has 26 heavy (non-hydrogen) atoms. The van der Waals surface area contributed by atoms with Gasteiger partial charge in [-0.05, 0) is 53.0 Å². The van der Waals surface area contributed by atoms with Gasteiger partial charge in [-0.25, -0.2) is 4.39 Å². The molecule has 0 unspecified atom stereocenters. The summed E-state index contributed by atoms with van der Waals surface area (Å²) in [6, 6.07) is 24.3. The van der Waals surface area contributed by atoms with Crippen LogP contribution in [0.25, 0.3) is 11.1 Å². The quantitative estimate of drug-likeness (QED) is 0.488. The zero-order valence-corrected chi connectivity index (χ0v) is 15.5. The molecule has 1 aliphatic carbocycles. The molecule has 0 N–H and O–H groups in total. The zero-order chi connectivity index (χ0) is 18.1. The summed E-state index contributed by atoms with van der Waals surface area (Å²) in [5.41, 5.74) is 5.85. The van der Waals surface area contributed by atoms with Crippen molar-refractivity contribution in [1.29, 1.82) is 0 Å². The summed E-state index contributed by atoms with van der Waals surface area (Å²) in [5, 5.41) is 0. The van der Waals surface area contributed by atoms with Crippen molar-refractivity contribution in [3.63, 3.8) is 0 Å². The Morgan fingerprint density at radius 2 is 1.65 bits per heavy atom. The molecule has 1 aliphatic rings. The van der Waals surface area contributed by atoms with Gasteiger partial charge in [-0.3, -0.25) is 0 Å². The van der Waals surface area contributed by atoms with Crippen LogP contribution < -0.4 is 0 Å². The van der Waals surface area contributed by atoms with E-state index < -0.39 is 0 Å². The molecule has 0 saturated carbocycles. The molecule has 0 spiro atoms. The summed E-state index contributed by atoms with van der Waals surface area (Å²) < 4.78 is 14.3. The lowest BCUT2D eigenvalue weighted by molar-refractivity contribution is 0.326. The van der Waals surface area contributed by atoms with Gasteiger partial charge in [0.05, 0.1) is 0 Å². The smallest absolute Gasteiger partial charge is 0.131 e. The molecule has 1 heteroatoms. The molecule has 0 radical (unpaired) electrons. The van der Waals surface area contributed by atoms with Gasteiger partial charge in [-0.1, -0.05) is 80.6 Å². The first-order chi connectivity index (χ1) is 12.6. The predicted octanol–water partition coefficient (Wildman–Crippen LogP) is 6.84. The maximum atomic E-state index is 14.3. The Labute approximate surface area is 155 Å². The highest BCUT2D eigenvalue weighted by molar-refractivity contribution is 5.65. The molecular weight excluding hydrogens is 319 g/mol. The van der Waals surface area contributed by atoms with Crippen LogP contribution in [0.4, 0.5) is 4.39 Å². The fraction of sp³-hybridized carbons (Fsp3) is 0.280. The predicted molar refractivity (Wildman–Crippen MR) is 107 cm³/mol. The van der Waals surface area contributed by atoms with Crippen LogP contribution in [0.1, 0.15) is 42.9 Å². The third-order valence-corrected chi connectivity index (χ3v) is 5.87. The topological polar surface area (TPSA) is 0 Å². The van der Waals surface area contributed by atoms with Gasteiger partial charge in [0, 0.05) is 11.5 Å². The second-order valence-corrected chi connectivity index (χ2v) is 7.80. The summed E-state index contributed by atoms with van der Waals surface area (Å²) in [5.74, 6) is 1.58. The Kier molecular flexibility index (Phi) is 4.63. The summed E-state index contributed by atoms with van der Waals surface area (Å²) in [6.45, 7) is 4.65. The molecule has 0 fully saturated rings. The van der Waals surface area contributed by atoms with Crippen molar-refractivity contribution in [3.05, 3.63) is 95.3 Å². The van der Waals surface area contributed by atoms with Gasteiger partial charge in [-0.2, -0.15) is 0 Å². The van der Waals surface area contributed by atoms with Crippen LogP contribution in [0.3, 0.4) is 0 Å². The highest BCUT2D eigenvalue weighted by Gasteiger charge is 2.29. The lowest BCUT2D eigenvalue weighted by atomic mass is 9.70. The van der Waals surface area contributed by atoms with Gasteiger partial charge >= 0.3 is 0 Å². The maximum Gasteiger partial charge on any atom is 0.131 e. The third-order valence-electron chi connectivity index (χ3n) is 5.87. The van der Waals surface area contributed by atoms with Crippen LogP contribution in [0, 0.1) is 17.7 Å². The Morgan fingerprint density at radius 3 is 2.46 bits per heavy atom. The normalized spacial score (nSPS) is 19.4. The van der Waals surface area contributed by atoms with Crippen molar-refractivity contribution in [2.75, 3.05) is 0 Å². The van der Waals surface area contributed by atoms with E-state index in [1.54, 1.807) is 6.07 Å². The van der Waals surface area contributed by atoms with E-state index in [0.29, 0.717) is 23.3 Å². The Bertz CT molecular complexity index is 909. The summed E-state index contributed by atoms with van der Waals surface area (Å²) in [6.07, 6.45) is 2.33. The second kappa shape index (κ2) is 7.07. The molecule has 132 valence electrons. The van der Waals surface area contributed by atoms with E-state index in [1.807, 2.05) is 18.2 Å². The van der Waals surface area contributed by atoms with E-state index >= 15 is 0 Å². The van der Waals surface area contributed by atoms with Crippen LogP contribution in [0.15, 0.2) is 72.8 Å². The monoisotopic (exact) mass is 344 g/mol. The molecule has 2 atom stereocenters. The SMILES string of the molecule is CC(C)[C@H]1Cc2ccccc2[C@H](c2cccc(-c3ccccc3F)c2)C1. The summed E-state index contributed by atoms with van der Waals surface area (Å²) in [4.78, 5) is 0. The lowest BCUT2D eigenvalue weighted by Crippen LogP contribution is -2.23. The molecule has 3 aromatic rings. The standard InChI is InChI=1S/C25H25F/c1-17(2)21-15-18-8-3-4-11-22(18)24(16-21)20-10-7-9-19(14-20)23-12-5-6-13-25(23)26/h3-14,17,21,24H,15-16H2,1-2H3/t21-,24-/m0/s1. The second-order valence-electron chi connectivity index (χ2n) is 7.80. The van der Waals surface area contributed by atoms with Crippen LogP contribution in [-0.4, -0.2) is 0 Å². The number of halogens is 1. The van der Waals surface area contributed by atoms with Crippen molar-refractivity contribution in [2.45, 2.75) is 32.6 Å². The molecule has 0 aliphatic heterocycles. The summed E-state index contributed by atoms with van der Waals surface area (Å²) >= 11 is 0. The highest BCUT2D eigenvalue weighted by Crippen LogP contribution is 2.42. The Morgan fingerprint density at radius 1 is 0.885 bits per heavy atom. The van der Waals surface area contributed by atoms with Crippen LogP contribution in [0.5, 0.6) is 0 Å². The average Bonchev–Trinajstić information content (AvgIpc) is 2.67. The molecule has 0 saturated heterocycles. The largest absolute Gasteiger partial charge is 0.206 e. The fourth-order valence-corrected chi connectivity index (χ4v) is 4.30. The van der Waals surface area contributed by atoms with E-state index in [0.717, 1.165) is 18.4 Å². The van der Waals surface area contributed by atoms with Gasteiger partial charge in [0.15, 0.2) is 0 Å². The average molecular weight is 344 g/mol. The van der Waals surface area contributed by atoms with Crippen molar-refractivity contribution in [1.82, 2.24) is 0 Å². The van der Waals surface area contributed by atoms with Crippen LogP contribution >= 0.6 is 0 Å². The summed E-state index contributed by atoms with van der Waals surface area (Å²) in [7, 11) is 0. The first-order valence-corrected chi connectivity index (χ1v) is 9.56. The van der Waals surface area contributed by atoms with Crippen molar-refractivity contribution < 1.29 is 4.39 Å². The van der Waals surface area contributed by atoms with Crippen molar-refractivity contribution >= 4 is 0 Å². The first-order valence-electron chi connectivity index (χ1n) is 9.56. The van der Waals surface area contributed by atoms with Gasteiger partial charge in [0.1, 0.15) is 5.82 Å². The molecule has 0 amide bonds. The molecule has 0 bridgehead atoms. The van der Waals surface area contributed by atoms with Gasteiger partial charge in [0.25, 0.3) is 0 Å². The molecule has 3 aromatic carbocycles. The molecule has 0 heterocycles. The van der Waals surface area contributed by atoms with E-state index in [1.165, 1.54) is 22.8 Å². The highest BCUT2D eigenvalue weighted by atomic mass is 19.1. The van der Waals surface area contributed by atoms with E-state index in [4.69, 9.17) is 0 Å². The number of benzene rings is 3. The van der Waals surface area contributed by atoms with Crippen molar-refractivity contribution in [2.24, 2.45) is 11.8 Å². The molecular formula is C25H25F. The minimum Gasteiger partial charge on any atom is -0.206 e. The van der Waals surface area contributed by atoms with E-state index in [9.17, 15) is 4.39 Å². The number of hydrogen-bond donors (Lipinski definition) is 0. The fourth-order valence-electron chi connectivity index (χ4n) is 4.30. The molecule has 0 nitrogen and oxygen atoms in total. The minimum absolute atomic E-state index is 0.159. The van der Waals surface area contributed by atoms with Crippen molar-refractivity contribution in [3.8, 4) is 11.1 Å². The Balaban J connectivity index is 1.78. The minimum atomic E-state index is -0.159. The zero-order valence-electron chi connectivity index (χ0n) is 15.5. The molecule has 4 rings (SSSR count). The Hall–Kier alpha value is -2.41. The number of rotatable bonds is 3.